The van der Waals surface area contributed by atoms with Crippen LogP contribution in [0.25, 0.3) is 16.6 Å². The second-order valence-electron chi connectivity index (χ2n) is 8.30. The van der Waals surface area contributed by atoms with E-state index in [9.17, 15) is 18.4 Å². The summed E-state index contributed by atoms with van der Waals surface area (Å²) in [6, 6.07) is 16.4. The molecule has 0 saturated heterocycles. The molecule has 0 unspecified atom stereocenters. The molecule has 0 atom stereocenters. The van der Waals surface area contributed by atoms with Crippen molar-refractivity contribution in [3.63, 3.8) is 0 Å². The molecule has 0 spiro atoms. The van der Waals surface area contributed by atoms with Crippen LogP contribution in [-0.2, 0) is 11.2 Å². The summed E-state index contributed by atoms with van der Waals surface area (Å²) in [5, 5.41) is 3.51. The van der Waals surface area contributed by atoms with Crippen LogP contribution >= 0.6 is 11.6 Å². The minimum absolute atomic E-state index is 0.124. The Balaban J connectivity index is 1.56. The van der Waals surface area contributed by atoms with Crippen molar-refractivity contribution in [3.8, 4) is 5.69 Å². The number of rotatable bonds is 9. The van der Waals surface area contributed by atoms with Gasteiger partial charge in [-0.1, -0.05) is 23.7 Å². The molecule has 1 heterocycles. The zero-order valence-electron chi connectivity index (χ0n) is 20.1. The van der Waals surface area contributed by atoms with E-state index in [2.05, 4.69) is 5.32 Å². The zero-order valence-corrected chi connectivity index (χ0v) is 20.8. The molecule has 3 aromatic carbocycles. The van der Waals surface area contributed by atoms with Crippen molar-refractivity contribution in [2.24, 2.45) is 0 Å². The number of carbonyl (C=O) groups is 1. The number of aromatic nitrogens is 2. The van der Waals surface area contributed by atoms with E-state index in [4.69, 9.17) is 21.3 Å². The van der Waals surface area contributed by atoms with E-state index in [0.717, 1.165) is 6.07 Å². The maximum atomic E-state index is 14.0. The van der Waals surface area contributed by atoms with Crippen LogP contribution in [-0.4, -0.2) is 47.3 Å². The average Bonchev–Trinajstić information content (AvgIpc) is 2.88. The standard InChI is InChI=1S/C27H25ClF2N4O3/c1-37-16-15-33(27(36)32-24-13-10-19(29)17-22(24)30)14-4-7-25-31-23-6-3-2-5-21(23)26(35)34(25)20-11-8-18(28)9-12-20/h2-3,5-6,8-13,17H,4,7,14-16H2,1H3,(H,32,36). The molecule has 10 heteroatoms. The van der Waals surface area contributed by atoms with Crippen molar-refractivity contribution in [1.82, 2.24) is 14.5 Å². The Morgan fingerprint density at radius 2 is 1.84 bits per heavy atom. The van der Waals surface area contributed by atoms with Crippen LogP contribution in [0, 0.1) is 11.6 Å². The summed E-state index contributed by atoms with van der Waals surface area (Å²) in [5.41, 5.74) is 0.877. The van der Waals surface area contributed by atoms with Gasteiger partial charge in [0.1, 0.15) is 17.5 Å². The first kappa shape index (κ1) is 26.2. The van der Waals surface area contributed by atoms with Crippen LogP contribution < -0.4 is 10.9 Å². The maximum absolute atomic E-state index is 14.0. The number of hydrogen-bond acceptors (Lipinski definition) is 4. The van der Waals surface area contributed by atoms with Crippen LogP contribution in [0.3, 0.4) is 0 Å². The Kier molecular flexibility index (Phi) is 8.47. The average molecular weight is 527 g/mol. The molecule has 1 N–H and O–H groups in total. The summed E-state index contributed by atoms with van der Waals surface area (Å²) in [7, 11) is 1.51. The van der Waals surface area contributed by atoms with Gasteiger partial charge in [0, 0.05) is 37.7 Å². The van der Waals surface area contributed by atoms with Gasteiger partial charge in [0.05, 0.1) is 28.9 Å². The van der Waals surface area contributed by atoms with E-state index in [1.807, 2.05) is 6.07 Å². The van der Waals surface area contributed by atoms with Gasteiger partial charge < -0.3 is 15.0 Å². The highest BCUT2D eigenvalue weighted by molar-refractivity contribution is 6.30. The lowest BCUT2D eigenvalue weighted by atomic mass is 10.2. The van der Waals surface area contributed by atoms with Crippen LogP contribution in [0.4, 0.5) is 19.3 Å². The van der Waals surface area contributed by atoms with Crippen molar-refractivity contribution in [3.05, 3.63) is 99.6 Å². The number of fused-ring (bicyclic) bond motifs is 1. The Bertz CT molecular complexity index is 1460. The fraction of sp³-hybridized carbons (Fsp3) is 0.222. The summed E-state index contributed by atoms with van der Waals surface area (Å²) < 4.78 is 33.9. The number of nitrogens with zero attached hydrogens (tertiary/aromatic N) is 3. The van der Waals surface area contributed by atoms with Crippen LogP contribution in [0.15, 0.2) is 71.5 Å². The van der Waals surface area contributed by atoms with Crippen LogP contribution in [0.1, 0.15) is 12.2 Å². The predicted molar refractivity (Wildman–Crippen MR) is 139 cm³/mol. The van der Waals surface area contributed by atoms with Crippen molar-refractivity contribution in [2.75, 3.05) is 32.1 Å². The lowest BCUT2D eigenvalue weighted by Gasteiger charge is -2.23. The lowest BCUT2D eigenvalue weighted by Crippen LogP contribution is -2.38. The summed E-state index contributed by atoms with van der Waals surface area (Å²) in [6.45, 7) is 0.796. The second kappa shape index (κ2) is 11.9. The highest BCUT2D eigenvalue weighted by Crippen LogP contribution is 2.18. The number of benzene rings is 3. The van der Waals surface area contributed by atoms with Crippen molar-refractivity contribution < 1.29 is 18.3 Å². The lowest BCUT2D eigenvalue weighted by molar-refractivity contribution is 0.154. The van der Waals surface area contributed by atoms with Gasteiger partial charge in [0.2, 0.25) is 0 Å². The molecule has 0 aliphatic rings. The molecular formula is C27H25ClF2N4O3. The fourth-order valence-electron chi connectivity index (χ4n) is 3.93. The molecule has 0 aliphatic carbocycles. The Morgan fingerprint density at radius 1 is 1.08 bits per heavy atom. The van der Waals surface area contributed by atoms with Gasteiger partial charge in [0.15, 0.2) is 0 Å². The minimum atomic E-state index is -0.868. The molecule has 37 heavy (non-hydrogen) atoms. The van der Waals surface area contributed by atoms with Crippen molar-refractivity contribution in [1.29, 1.82) is 0 Å². The van der Waals surface area contributed by atoms with Crippen molar-refractivity contribution in [2.45, 2.75) is 12.8 Å². The molecule has 0 fully saturated rings. The zero-order chi connectivity index (χ0) is 26.4. The van der Waals surface area contributed by atoms with Gasteiger partial charge in [-0.2, -0.15) is 0 Å². The number of carbonyl (C=O) groups excluding carboxylic acids is 1. The highest BCUT2D eigenvalue weighted by Gasteiger charge is 2.17. The van der Waals surface area contributed by atoms with E-state index in [1.165, 1.54) is 18.1 Å². The van der Waals surface area contributed by atoms with Crippen molar-refractivity contribution >= 4 is 34.2 Å². The van der Waals surface area contributed by atoms with Crippen LogP contribution in [0.2, 0.25) is 5.02 Å². The Morgan fingerprint density at radius 3 is 2.57 bits per heavy atom. The monoisotopic (exact) mass is 526 g/mol. The molecule has 0 bridgehead atoms. The Hall–Kier alpha value is -3.82. The second-order valence-corrected chi connectivity index (χ2v) is 8.74. The third kappa shape index (κ3) is 6.31. The van der Waals surface area contributed by atoms with Gasteiger partial charge in [-0.05, 0) is 55.0 Å². The van der Waals surface area contributed by atoms with Gasteiger partial charge in [0.25, 0.3) is 5.56 Å². The van der Waals surface area contributed by atoms with E-state index in [1.54, 1.807) is 47.0 Å². The van der Waals surface area contributed by atoms with E-state index >= 15 is 0 Å². The Labute approximate surface area is 217 Å². The topological polar surface area (TPSA) is 76.5 Å². The van der Waals surface area contributed by atoms with Gasteiger partial charge in [-0.15, -0.1) is 0 Å². The van der Waals surface area contributed by atoms with E-state index < -0.39 is 17.7 Å². The predicted octanol–water partition coefficient (Wildman–Crippen LogP) is 5.43. The number of nitrogens with one attached hydrogen (secondary N) is 1. The van der Waals surface area contributed by atoms with Gasteiger partial charge in [-0.25, -0.2) is 18.6 Å². The minimum Gasteiger partial charge on any atom is -0.383 e. The molecule has 0 aliphatic heterocycles. The van der Waals surface area contributed by atoms with E-state index in [-0.39, 0.29) is 30.9 Å². The molecule has 4 rings (SSSR count). The number of aryl methyl sites for hydroxylation is 1. The molecule has 4 aromatic rings. The first-order valence-electron chi connectivity index (χ1n) is 11.6. The summed E-state index contributed by atoms with van der Waals surface area (Å²) in [6.07, 6.45) is 0.839. The van der Waals surface area contributed by atoms with E-state index in [0.29, 0.717) is 46.3 Å². The number of methoxy groups -OCH3 is 1. The largest absolute Gasteiger partial charge is 0.383 e. The smallest absolute Gasteiger partial charge is 0.322 e. The third-order valence-electron chi connectivity index (χ3n) is 5.78. The molecule has 192 valence electrons. The number of para-hydroxylation sites is 1. The number of urea groups is 1. The molecule has 2 amide bonds. The maximum Gasteiger partial charge on any atom is 0.322 e. The molecule has 0 saturated carbocycles. The summed E-state index contributed by atoms with van der Waals surface area (Å²) >= 11 is 6.04. The van der Waals surface area contributed by atoms with Gasteiger partial charge >= 0.3 is 6.03 Å². The SMILES string of the molecule is COCCN(CCCc1nc2ccccc2c(=O)n1-c1ccc(Cl)cc1)C(=O)Nc1ccc(F)cc1F. The summed E-state index contributed by atoms with van der Waals surface area (Å²) in [5.74, 6) is -1.07. The first-order valence-corrected chi connectivity index (χ1v) is 12.0. The quantitative estimate of drug-likeness (QED) is 0.315. The highest BCUT2D eigenvalue weighted by atomic mass is 35.5. The number of hydrogen-bond donors (Lipinski definition) is 1. The summed E-state index contributed by atoms with van der Waals surface area (Å²) in [4.78, 5) is 32.4. The molecule has 7 nitrogen and oxygen atoms in total. The number of halogens is 3. The fourth-order valence-corrected chi connectivity index (χ4v) is 4.06. The number of anilines is 1. The molecule has 0 radical (unpaired) electrons. The molecular weight excluding hydrogens is 502 g/mol. The molecule has 1 aromatic heterocycles. The number of amides is 2. The normalized spacial score (nSPS) is 11.0. The first-order chi connectivity index (χ1) is 17.9. The number of ether oxygens (including phenoxy) is 1. The van der Waals surface area contributed by atoms with Crippen LogP contribution in [0.5, 0.6) is 0 Å². The third-order valence-corrected chi connectivity index (χ3v) is 6.04. The van der Waals surface area contributed by atoms with Gasteiger partial charge in [-0.3, -0.25) is 9.36 Å².